The Morgan fingerprint density at radius 3 is 2.77 bits per heavy atom. The predicted octanol–water partition coefficient (Wildman–Crippen LogP) is 3.77. The van der Waals surface area contributed by atoms with E-state index in [1.165, 1.54) is 0 Å². The molecule has 0 bridgehead atoms. The number of para-hydroxylation sites is 1. The lowest BCUT2D eigenvalue weighted by Gasteiger charge is -2.34. The number of carbonyl (C=O) groups excluding carboxylic acids is 1. The summed E-state index contributed by atoms with van der Waals surface area (Å²) < 4.78 is 5.47. The summed E-state index contributed by atoms with van der Waals surface area (Å²) >= 11 is 0. The Balaban J connectivity index is 0.00000121. The van der Waals surface area contributed by atoms with Gasteiger partial charge in [0, 0.05) is 31.1 Å². The predicted molar refractivity (Wildman–Crippen MR) is 107 cm³/mol. The second-order valence-electron chi connectivity index (χ2n) is 6.10. The minimum absolute atomic E-state index is 0. The molecule has 0 aliphatic carbocycles. The zero-order valence-corrected chi connectivity index (χ0v) is 16.0. The van der Waals surface area contributed by atoms with Crippen molar-refractivity contribution in [3.63, 3.8) is 0 Å². The van der Waals surface area contributed by atoms with Gasteiger partial charge < -0.3 is 14.6 Å². The maximum absolute atomic E-state index is 13.2. The molecule has 1 aromatic carbocycles. The third-order valence-corrected chi connectivity index (χ3v) is 4.48. The van der Waals surface area contributed by atoms with E-state index in [9.17, 15) is 4.79 Å². The van der Waals surface area contributed by atoms with Crippen LogP contribution in [-0.2, 0) is 0 Å². The fourth-order valence-corrected chi connectivity index (χ4v) is 3.20. The van der Waals surface area contributed by atoms with E-state index in [0.717, 1.165) is 24.0 Å². The van der Waals surface area contributed by atoms with E-state index in [4.69, 9.17) is 4.42 Å². The summed E-state index contributed by atoms with van der Waals surface area (Å²) in [5, 5.41) is 4.20. The maximum Gasteiger partial charge on any atom is 0.254 e. The number of piperazine rings is 1. The zero-order chi connectivity index (χ0) is 16.5. The van der Waals surface area contributed by atoms with Crippen molar-refractivity contribution in [1.82, 2.24) is 15.2 Å². The summed E-state index contributed by atoms with van der Waals surface area (Å²) in [6.07, 6.45) is 1.62. The van der Waals surface area contributed by atoms with Crippen molar-refractivity contribution < 1.29 is 9.21 Å². The third kappa shape index (κ3) is 3.70. The van der Waals surface area contributed by atoms with Crippen LogP contribution < -0.4 is 5.32 Å². The highest BCUT2D eigenvalue weighted by Crippen LogP contribution is 2.26. The van der Waals surface area contributed by atoms with Gasteiger partial charge in [0.15, 0.2) is 5.76 Å². The molecular formula is C19H21Cl2N3O2. The molecule has 1 saturated heterocycles. The molecule has 1 aliphatic heterocycles. The Bertz CT molecular complexity index is 884. The van der Waals surface area contributed by atoms with Gasteiger partial charge in [0.05, 0.1) is 17.3 Å². The van der Waals surface area contributed by atoms with E-state index in [2.05, 4.69) is 17.2 Å². The summed E-state index contributed by atoms with van der Waals surface area (Å²) in [4.78, 5) is 19.8. The number of pyridine rings is 1. The van der Waals surface area contributed by atoms with E-state index in [1.807, 2.05) is 47.4 Å². The topological polar surface area (TPSA) is 58.4 Å². The highest BCUT2D eigenvalue weighted by Gasteiger charge is 2.26. The van der Waals surface area contributed by atoms with Gasteiger partial charge >= 0.3 is 0 Å². The lowest BCUT2D eigenvalue weighted by atomic mass is 10.0. The van der Waals surface area contributed by atoms with Crippen LogP contribution in [0.4, 0.5) is 0 Å². The van der Waals surface area contributed by atoms with Crippen molar-refractivity contribution in [1.29, 1.82) is 0 Å². The maximum atomic E-state index is 13.2. The number of amides is 1. The third-order valence-electron chi connectivity index (χ3n) is 4.48. The van der Waals surface area contributed by atoms with Crippen LogP contribution in [0, 0.1) is 0 Å². The fraction of sp³-hybridized carbons (Fsp3) is 0.263. The molecule has 0 spiro atoms. The quantitative estimate of drug-likeness (QED) is 0.719. The van der Waals surface area contributed by atoms with Crippen LogP contribution in [0.2, 0.25) is 0 Å². The molecule has 7 heteroatoms. The van der Waals surface area contributed by atoms with Gasteiger partial charge in [-0.05, 0) is 31.2 Å². The highest BCUT2D eigenvalue weighted by molar-refractivity contribution is 6.07. The Kier molecular flexibility index (Phi) is 6.64. The highest BCUT2D eigenvalue weighted by atomic mass is 35.5. The molecule has 1 atom stereocenters. The number of hydrogen-bond acceptors (Lipinski definition) is 4. The SMILES string of the molecule is CC1CNCCN1C(=O)c1cc(-c2ccco2)nc2ccccc12.Cl.Cl. The number of halogens is 2. The monoisotopic (exact) mass is 393 g/mol. The Morgan fingerprint density at radius 2 is 2.04 bits per heavy atom. The van der Waals surface area contributed by atoms with Crippen LogP contribution in [0.1, 0.15) is 17.3 Å². The molecule has 1 fully saturated rings. The molecule has 138 valence electrons. The van der Waals surface area contributed by atoms with Gasteiger partial charge in [0.2, 0.25) is 0 Å². The standard InChI is InChI=1S/C19H19N3O2.2ClH/c1-13-12-20-8-9-22(13)19(23)15-11-17(18-7-4-10-24-18)21-16-6-3-2-5-14(15)16;;/h2-7,10-11,13,20H,8-9,12H2,1H3;2*1H. The molecule has 5 nitrogen and oxygen atoms in total. The first-order valence-corrected chi connectivity index (χ1v) is 8.19. The molecule has 3 heterocycles. The molecule has 4 rings (SSSR count). The number of carbonyl (C=O) groups is 1. The molecular weight excluding hydrogens is 373 g/mol. The minimum atomic E-state index is 0. The number of fused-ring (bicyclic) bond motifs is 1. The van der Waals surface area contributed by atoms with Crippen LogP contribution >= 0.6 is 24.8 Å². The van der Waals surface area contributed by atoms with Crippen LogP contribution in [0.15, 0.2) is 53.1 Å². The van der Waals surface area contributed by atoms with Crippen molar-refractivity contribution in [2.75, 3.05) is 19.6 Å². The Morgan fingerprint density at radius 1 is 1.23 bits per heavy atom. The summed E-state index contributed by atoms with van der Waals surface area (Å²) in [7, 11) is 0. The molecule has 1 aliphatic rings. The van der Waals surface area contributed by atoms with E-state index < -0.39 is 0 Å². The van der Waals surface area contributed by atoms with Gasteiger partial charge in [0.25, 0.3) is 5.91 Å². The lowest BCUT2D eigenvalue weighted by Crippen LogP contribution is -2.52. The van der Waals surface area contributed by atoms with Gasteiger partial charge in [-0.3, -0.25) is 4.79 Å². The first kappa shape index (κ1) is 20.2. The number of nitrogens with one attached hydrogen (secondary N) is 1. The summed E-state index contributed by atoms with van der Waals surface area (Å²) in [5.74, 6) is 0.721. The van der Waals surface area contributed by atoms with Crippen molar-refractivity contribution in [2.45, 2.75) is 13.0 Å². The van der Waals surface area contributed by atoms with Crippen LogP contribution in [0.3, 0.4) is 0 Å². The summed E-state index contributed by atoms with van der Waals surface area (Å²) in [6.45, 7) is 4.43. The van der Waals surface area contributed by atoms with Crippen LogP contribution in [0.5, 0.6) is 0 Å². The van der Waals surface area contributed by atoms with Gasteiger partial charge in [-0.1, -0.05) is 18.2 Å². The normalized spacial score (nSPS) is 16.7. The number of rotatable bonds is 2. The van der Waals surface area contributed by atoms with Crippen molar-refractivity contribution >= 4 is 41.6 Å². The first-order valence-electron chi connectivity index (χ1n) is 8.19. The van der Waals surface area contributed by atoms with E-state index >= 15 is 0 Å². The van der Waals surface area contributed by atoms with E-state index in [0.29, 0.717) is 23.6 Å². The molecule has 1 amide bonds. The minimum Gasteiger partial charge on any atom is -0.463 e. The Labute approximate surface area is 164 Å². The first-order chi connectivity index (χ1) is 11.7. The van der Waals surface area contributed by atoms with E-state index in [1.54, 1.807) is 6.26 Å². The number of hydrogen-bond donors (Lipinski definition) is 1. The van der Waals surface area contributed by atoms with Crippen LogP contribution in [0.25, 0.3) is 22.4 Å². The van der Waals surface area contributed by atoms with Gasteiger partial charge in [-0.2, -0.15) is 0 Å². The van der Waals surface area contributed by atoms with Crippen LogP contribution in [-0.4, -0.2) is 41.5 Å². The molecule has 1 N–H and O–H groups in total. The average molecular weight is 394 g/mol. The van der Waals surface area contributed by atoms with Gasteiger partial charge in [-0.25, -0.2) is 4.98 Å². The van der Waals surface area contributed by atoms with Gasteiger partial charge in [-0.15, -0.1) is 24.8 Å². The number of furan rings is 1. The fourth-order valence-electron chi connectivity index (χ4n) is 3.20. The molecule has 2 aromatic heterocycles. The molecule has 1 unspecified atom stereocenters. The number of aromatic nitrogens is 1. The largest absolute Gasteiger partial charge is 0.463 e. The van der Waals surface area contributed by atoms with E-state index in [-0.39, 0.29) is 36.8 Å². The zero-order valence-electron chi connectivity index (χ0n) is 14.3. The molecule has 3 aromatic rings. The van der Waals surface area contributed by atoms with Gasteiger partial charge in [0.1, 0.15) is 5.69 Å². The molecule has 0 saturated carbocycles. The smallest absolute Gasteiger partial charge is 0.254 e. The number of benzene rings is 1. The lowest BCUT2D eigenvalue weighted by molar-refractivity contribution is 0.0658. The summed E-state index contributed by atoms with van der Waals surface area (Å²) in [6, 6.07) is 13.5. The molecule has 26 heavy (non-hydrogen) atoms. The number of nitrogens with zero attached hydrogens (tertiary/aromatic N) is 2. The second-order valence-corrected chi connectivity index (χ2v) is 6.10. The molecule has 0 radical (unpaired) electrons. The van der Waals surface area contributed by atoms with Crippen molar-refractivity contribution in [3.05, 3.63) is 54.3 Å². The van der Waals surface area contributed by atoms with Crippen molar-refractivity contribution in [2.24, 2.45) is 0 Å². The Hall–Kier alpha value is -2.08. The van der Waals surface area contributed by atoms with Crippen molar-refractivity contribution in [3.8, 4) is 11.5 Å². The second kappa shape index (κ2) is 8.54. The summed E-state index contributed by atoms with van der Waals surface area (Å²) in [5.41, 5.74) is 2.17. The average Bonchev–Trinajstić information content (AvgIpc) is 3.15.